The van der Waals surface area contributed by atoms with Gasteiger partial charge in [0.15, 0.2) is 0 Å². The number of hydrogen-bond donors (Lipinski definition) is 0. The number of nitrogens with zero attached hydrogens (tertiary/aromatic N) is 4. The number of rotatable bonds is 5. The topological polar surface area (TPSA) is 58.4 Å². The van der Waals surface area contributed by atoms with Crippen molar-refractivity contribution in [2.24, 2.45) is 5.92 Å². The number of para-hydroxylation sites is 3. The van der Waals surface area contributed by atoms with E-state index in [1.807, 2.05) is 46.2 Å². The number of aromatic nitrogens is 2. The molecule has 2 saturated heterocycles. The largest absolute Gasteiger partial charge is 0.343 e. The zero-order chi connectivity index (χ0) is 21.9. The minimum Gasteiger partial charge on any atom is -0.343 e. The second-order valence-electron chi connectivity index (χ2n) is 8.88. The van der Waals surface area contributed by atoms with Gasteiger partial charge >= 0.3 is 0 Å². The van der Waals surface area contributed by atoms with E-state index in [4.69, 9.17) is 4.98 Å². The summed E-state index contributed by atoms with van der Waals surface area (Å²) in [5.41, 5.74) is 3.06. The van der Waals surface area contributed by atoms with Crippen LogP contribution in [0.1, 0.15) is 37.9 Å². The third kappa shape index (κ3) is 4.14. The lowest BCUT2D eigenvalue weighted by Gasteiger charge is -2.33. The summed E-state index contributed by atoms with van der Waals surface area (Å²) in [7, 11) is 0. The highest BCUT2D eigenvalue weighted by Gasteiger charge is 2.31. The molecule has 2 amide bonds. The Kier molecular flexibility index (Phi) is 5.93. The Balaban J connectivity index is 1.24. The van der Waals surface area contributed by atoms with Crippen LogP contribution in [0.15, 0.2) is 54.6 Å². The molecule has 0 unspecified atom stereocenters. The summed E-state index contributed by atoms with van der Waals surface area (Å²) in [4.78, 5) is 34.4. The Hall–Kier alpha value is -3.15. The molecule has 2 aromatic carbocycles. The van der Waals surface area contributed by atoms with Crippen molar-refractivity contribution in [2.45, 2.75) is 38.5 Å². The number of fused-ring (bicyclic) bond motifs is 1. The second kappa shape index (κ2) is 9.15. The van der Waals surface area contributed by atoms with Crippen LogP contribution >= 0.6 is 0 Å². The number of benzene rings is 2. The highest BCUT2D eigenvalue weighted by atomic mass is 16.2. The summed E-state index contributed by atoms with van der Waals surface area (Å²) in [5.74, 6) is 1.44. The minimum absolute atomic E-state index is 0.0828. The van der Waals surface area contributed by atoms with Crippen LogP contribution in [-0.2, 0) is 16.0 Å². The van der Waals surface area contributed by atoms with Crippen molar-refractivity contribution in [3.63, 3.8) is 0 Å². The van der Waals surface area contributed by atoms with E-state index in [1.54, 1.807) is 0 Å². The molecule has 0 bridgehead atoms. The summed E-state index contributed by atoms with van der Waals surface area (Å²) in [6, 6.07) is 18.3. The quantitative estimate of drug-likeness (QED) is 0.618. The van der Waals surface area contributed by atoms with Crippen molar-refractivity contribution >= 4 is 22.8 Å². The number of amides is 2. The first-order chi connectivity index (χ1) is 15.7. The molecule has 0 radical (unpaired) electrons. The van der Waals surface area contributed by atoms with Crippen LogP contribution in [0.2, 0.25) is 0 Å². The molecule has 3 heterocycles. The summed E-state index contributed by atoms with van der Waals surface area (Å²) in [5, 5.41) is 0. The monoisotopic (exact) mass is 430 g/mol. The molecule has 6 heteroatoms. The maximum Gasteiger partial charge on any atom is 0.225 e. The zero-order valence-corrected chi connectivity index (χ0v) is 18.4. The fraction of sp³-hybridized carbons (Fsp3) is 0.423. The second-order valence-corrected chi connectivity index (χ2v) is 8.88. The van der Waals surface area contributed by atoms with Crippen LogP contribution in [0.25, 0.3) is 16.7 Å². The van der Waals surface area contributed by atoms with Gasteiger partial charge in [0, 0.05) is 50.6 Å². The average Bonchev–Trinajstić information content (AvgIpc) is 3.51. The summed E-state index contributed by atoms with van der Waals surface area (Å²) in [6.07, 6.45) is 4.83. The highest BCUT2D eigenvalue weighted by Crippen LogP contribution is 2.24. The average molecular weight is 431 g/mol. The van der Waals surface area contributed by atoms with E-state index in [-0.39, 0.29) is 11.8 Å². The highest BCUT2D eigenvalue weighted by molar-refractivity contribution is 5.81. The minimum atomic E-state index is 0.0828. The van der Waals surface area contributed by atoms with Crippen molar-refractivity contribution in [1.29, 1.82) is 0 Å². The molecule has 5 rings (SSSR count). The fourth-order valence-electron chi connectivity index (χ4n) is 5.06. The van der Waals surface area contributed by atoms with Gasteiger partial charge in [-0.1, -0.05) is 30.3 Å². The first kappa shape index (κ1) is 20.7. The van der Waals surface area contributed by atoms with Crippen LogP contribution in [0.4, 0.5) is 0 Å². The Morgan fingerprint density at radius 2 is 1.53 bits per heavy atom. The van der Waals surface area contributed by atoms with E-state index < -0.39 is 0 Å². The predicted molar refractivity (Wildman–Crippen MR) is 125 cm³/mol. The van der Waals surface area contributed by atoms with Crippen LogP contribution in [0.5, 0.6) is 0 Å². The number of piperidine rings is 1. The number of aryl methyl sites for hydroxylation is 1. The predicted octanol–water partition coefficient (Wildman–Crippen LogP) is 3.82. The van der Waals surface area contributed by atoms with Gasteiger partial charge in [-0.15, -0.1) is 0 Å². The van der Waals surface area contributed by atoms with Gasteiger partial charge in [0.05, 0.1) is 11.0 Å². The van der Waals surface area contributed by atoms with Crippen LogP contribution in [0.3, 0.4) is 0 Å². The van der Waals surface area contributed by atoms with Gasteiger partial charge in [-0.3, -0.25) is 14.2 Å². The van der Waals surface area contributed by atoms with Crippen molar-refractivity contribution in [3.05, 3.63) is 60.4 Å². The van der Waals surface area contributed by atoms with E-state index in [1.165, 1.54) is 0 Å². The molecule has 6 nitrogen and oxygen atoms in total. The standard InChI is InChI=1S/C26H30N4O2/c31-25(28-18-14-20(15-19-28)26(32)29-16-6-7-17-29)13-12-24-27-22-10-4-5-11-23(22)30(24)21-8-2-1-3-9-21/h1-5,8-11,20H,6-7,12-19H2. The molecule has 0 aliphatic carbocycles. The van der Waals surface area contributed by atoms with Crippen LogP contribution in [-0.4, -0.2) is 57.3 Å². The third-order valence-electron chi connectivity index (χ3n) is 6.82. The molecule has 3 aromatic rings. The number of imidazole rings is 1. The van der Waals surface area contributed by atoms with E-state index in [2.05, 4.69) is 22.8 Å². The first-order valence-electron chi connectivity index (χ1n) is 11.8. The van der Waals surface area contributed by atoms with Crippen molar-refractivity contribution in [1.82, 2.24) is 19.4 Å². The third-order valence-corrected chi connectivity index (χ3v) is 6.82. The molecule has 2 aliphatic rings. The van der Waals surface area contributed by atoms with E-state index >= 15 is 0 Å². The number of hydrogen-bond acceptors (Lipinski definition) is 3. The first-order valence-corrected chi connectivity index (χ1v) is 11.8. The maximum absolute atomic E-state index is 13.0. The van der Waals surface area contributed by atoms with Gasteiger partial charge in [-0.25, -0.2) is 4.98 Å². The molecule has 0 saturated carbocycles. The number of carbonyl (C=O) groups excluding carboxylic acids is 2. The molecule has 0 atom stereocenters. The Morgan fingerprint density at radius 1 is 0.844 bits per heavy atom. The molecule has 2 aliphatic heterocycles. The molecular formula is C26H30N4O2. The molecular weight excluding hydrogens is 400 g/mol. The normalized spacial score (nSPS) is 17.2. The van der Waals surface area contributed by atoms with Crippen molar-refractivity contribution in [3.8, 4) is 5.69 Å². The van der Waals surface area contributed by atoms with Gasteiger partial charge in [0.2, 0.25) is 11.8 Å². The van der Waals surface area contributed by atoms with Crippen LogP contribution < -0.4 is 0 Å². The summed E-state index contributed by atoms with van der Waals surface area (Å²) in [6.45, 7) is 3.16. The lowest BCUT2D eigenvalue weighted by Crippen LogP contribution is -2.43. The SMILES string of the molecule is O=C(CCc1nc2ccccc2n1-c1ccccc1)N1CCC(C(=O)N2CCCC2)CC1. The van der Waals surface area contributed by atoms with Gasteiger partial charge in [0.25, 0.3) is 0 Å². The molecule has 2 fully saturated rings. The van der Waals surface area contributed by atoms with Gasteiger partial charge in [-0.2, -0.15) is 0 Å². The van der Waals surface area contributed by atoms with E-state index in [0.717, 1.165) is 61.3 Å². The van der Waals surface area contributed by atoms with Gasteiger partial charge in [-0.05, 0) is 49.9 Å². The summed E-state index contributed by atoms with van der Waals surface area (Å²) >= 11 is 0. The molecule has 32 heavy (non-hydrogen) atoms. The van der Waals surface area contributed by atoms with Gasteiger partial charge < -0.3 is 9.80 Å². The Morgan fingerprint density at radius 3 is 2.28 bits per heavy atom. The Labute approximate surface area is 188 Å². The fourth-order valence-corrected chi connectivity index (χ4v) is 5.06. The number of likely N-dealkylation sites (tertiary alicyclic amines) is 2. The summed E-state index contributed by atoms with van der Waals surface area (Å²) < 4.78 is 2.16. The lowest BCUT2D eigenvalue weighted by molar-refractivity contribution is -0.140. The van der Waals surface area contributed by atoms with Crippen molar-refractivity contribution < 1.29 is 9.59 Å². The smallest absolute Gasteiger partial charge is 0.225 e. The molecule has 166 valence electrons. The number of carbonyl (C=O) groups is 2. The molecule has 0 spiro atoms. The molecule has 1 aromatic heterocycles. The van der Waals surface area contributed by atoms with Crippen LogP contribution in [0, 0.1) is 5.92 Å². The van der Waals surface area contributed by atoms with E-state index in [0.29, 0.717) is 31.8 Å². The zero-order valence-electron chi connectivity index (χ0n) is 18.4. The maximum atomic E-state index is 13.0. The lowest BCUT2D eigenvalue weighted by atomic mass is 9.95. The molecule has 0 N–H and O–H groups in total. The van der Waals surface area contributed by atoms with Gasteiger partial charge in [0.1, 0.15) is 5.82 Å². The Bertz CT molecular complexity index is 1090. The van der Waals surface area contributed by atoms with Crippen molar-refractivity contribution in [2.75, 3.05) is 26.2 Å². The van der Waals surface area contributed by atoms with E-state index in [9.17, 15) is 9.59 Å².